The van der Waals surface area contributed by atoms with Crippen LogP contribution in [0.1, 0.15) is 21.3 Å². The quantitative estimate of drug-likeness (QED) is 0.622. The van der Waals surface area contributed by atoms with Gasteiger partial charge in [0.25, 0.3) is 5.91 Å². The van der Waals surface area contributed by atoms with E-state index in [1.165, 1.54) is 11.3 Å². The maximum Gasteiger partial charge on any atom is 0.264 e. The summed E-state index contributed by atoms with van der Waals surface area (Å²) in [5.74, 6) is 0.0145. The van der Waals surface area contributed by atoms with Crippen LogP contribution >= 0.6 is 11.3 Å². The van der Waals surface area contributed by atoms with Crippen LogP contribution in [-0.4, -0.2) is 77.4 Å². The Morgan fingerprint density at radius 3 is 2.68 bits per heavy atom. The minimum Gasteiger partial charge on any atom is -0.378 e. The lowest BCUT2D eigenvalue weighted by Crippen LogP contribution is -2.44. The summed E-state index contributed by atoms with van der Waals surface area (Å²) in [6.45, 7) is 3.88. The second-order valence-electron chi connectivity index (χ2n) is 7.65. The molecule has 5 rings (SSSR count). The van der Waals surface area contributed by atoms with Crippen LogP contribution in [0.25, 0.3) is 10.1 Å². The molecule has 0 saturated carbocycles. The highest BCUT2D eigenvalue weighted by Crippen LogP contribution is 2.39. The van der Waals surface area contributed by atoms with Crippen molar-refractivity contribution in [3.8, 4) is 0 Å². The molecule has 1 aromatic carbocycles. The van der Waals surface area contributed by atoms with Gasteiger partial charge in [-0.25, -0.2) is 0 Å². The third-order valence-electron chi connectivity index (χ3n) is 5.72. The Bertz CT molecular complexity index is 1070. The van der Waals surface area contributed by atoms with E-state index in [0.717, 1.165) is 15.6 Å². The molecule has 31 heavy (non-hydrogen) atoms. The number of ether oxygens (including phenoxy) is 2. The van der Waals surface area contributed by atoms with Crippen molar-refractivity contribution in [3.63, 3.8) is 0 Å². The highest BCUT2D eigenvalue weighted by atomic mass is 32.1. The Morgan fingerprint density at radius 2 is 1.87 bits per heavy atom. The fourth-order valence-corrected chi connectivity index (χ4v) is 5.36. The monoisotopic (exact) mass is 440 g/mol. The normalized spacial score (nSPS) is 19.7. The molecule has 2 fully saturated rings. The Hall–Kier alpha value is -2.75. The molecule has 2 amide bonds. The number of morpholine rings is 2. The Labute approximate surface area is 183 Å². The number of carbonyl (C=O) groups is 2. The zero-order valence-corrected chi connectivity index (χ0v) is 17.9. The van der Waals surface area contributed by atoms with Gasteiger partial charge in [0.2, 0.25) is 5.91 Å². The maximum atomic E-state index is 13.4. The molecule has 1 atom stereocenters. The summed E-state index contributed by atoms with van der Waals surface area (Å²) < 4.78 is 14.2. The Kier molecular flexibility index (Phi) is 5.71. The highest BCUT2D eigenvalue weighted by molar-refractivity contribution is 7.21. The minimum absolute atomic E-state index is 0.00223. The summed E-state index contributed by atoms with van der Waals surface area (Å²) in [5, 5.41) is 5.15. The van der Waals surface area contributed by atoms with Crippen molar-refractivity contribution in [2.75, 3.05) is 46.0 Å². The van der Waals surface area contributed by atoms with Crippen LogP contribution in [0.15, 0.2) is 42.7 Å². The van der Waals surface area contributed by atoms with Crippen molar-refractivity contribution in [1.29, 1.82) is 0 Å². The highest BCUT2D eigenvalue weighted by Gasteiger charge is 2.33. The van der Waals surface area contributed by atoms with E-state index in [0.29, 0.717) is 50.9 Å². The van der Waals surface area contributed by atoms with Crippen molar-refractivity contribution < 1.29 is 19.1 Å². The van der Waals surface area contributed by atoms with Gasteiger partial charge in [0.05, 0.1) is 31.2 Å². The lowest BCUT2D eigenvalue weighted by atomic mass is 10.0. The fraction of sp³-hybridized carbons (Fsp3) is 0.409. The average Bonchev–Trinajstić information content (AvgIpc) is 3.47. The third-order valence-corrected chi connectivity index (χ3v) is 6.90. The van der Waals surface area contributed by atoms with Crippen molar-refractivity contribution in [1.82, 2.24) is 19.6 Å². The number of aromatic nitrogens is 2. The number of fused-ring (bicyclic) bond motifs is 1. The lowest BCUT2D eigenvalue weighted by molar-refractivity contribution is -0.139. The van der Waals surface area contributed by atoms with Gasteiger partial charge in [-0.1, -0.05) is 18.2 Å². The maximum absolute atomic E-state index is 13.4. The number of carbonyl (C=O) groups excluding carboxylic acids is 2. The van der Waals surface area contributed by atoms with Crippen molar-refractivity contribution >= 4 is 33.2 Å². The summed E-state index contributed by atoms with van der Waals surface area (Å²) >= 11 is 1.50. The summed E-state index contributed by atoms with van der Waals surface area (Å²) in [5.41, 5.74) is 0.897. The first-order valence-electron chi connectivity index (χ1n) is 10.5. The second kappa shape index (κ2) is 8.78. The van der Waals surface area contributed by atoms with Crippen LogP contribution in [0.4, 0.5) is 0 Å². The molecular weight excluding hydrogens is 416 g/mol. The van der Waals surface area contributed by atoms with E-state index < -0.39 is 0 Å². The molecule has 0 radical (unpaired) electrons. The molecular formula is C22H24N4O4S. The van der Waals surface area contributed by atoms with Gasteiger partial charge in [-0.15, -0.1) is 11.3 Å². The molecule has 2 saturated heterocycles. The van der Waals surface area contributed by atoms with Crippen LogP contribution in [0.2, 0.25) is 0 Å². The Morgan fingerprint density at radius 1 is 1.06 bits per heavy atom. The van der Waals surface area contributed by atoms with Gasteiger partial charge in [-0.3, -0.25) is 14.3 Å². The summed E-state index contributed by atoms with van der Waals surface area (Å²) in [4.78, 5) is 30.6. The molecule has 0 aliphatic carbocycles. The fourth-order valence-electron chi connectivity index (χ4n) is 4.14. The Balaban J connectivity index is 1.44. The summed E-state index contributed by atoms with van der Waals surface area (Å²) in [7, 11) is 0. The smallest absolute Gasteiger partial charge is 0.264 e. The second-order valence-corrected chi connectivity index (χ2v) is 8.70. The molecule has 0 N–H and O–H groups in total. The van der Waals surface area contributed by atoms with Gasteiger partial charge in [0.1, 0.15) is 12.6 Å². The molecule has 8 nitrogen and oxygen atoms in total. The van der Waals surface area contributed by atoms with E-state index in [1.807, 2.05) is 34.1 Å². The summed E-state index contributed by atoms with van der Waals surface area (Å²) in [6, 6.07) is 9.82. The predicted molar refractivity (Wildman–Crippen MR) is 116 cm³/mol. The standard InChI is InChI=1S/C22H24N4O4S/c27-19(15-26-7-3-6-23-26)25-10-13-30-17(14-25)20-16-4-1-2-5-18(16)31-21(20)22(28)24-8-11-29-12-9-24/h1-7,17H,8-15H2. The number of benzene rings is 1. The first kappa shape index (κ1) is 20.2. The van der Waals surface area contributed by atoms with Crippen molar-refractivity contribution in [3.05, 3.63) is 53.2 Å². The molecule has 3 aromatic rings. The van der Waals surface area contributed by atoms with E-state index in [1.54, 1.807) is 23.1 Å². The van der Waals surface area contributed by atoms with Crippen molar-refractivity contribution in [2.45, 2.75) is 12.6 Å². The van der Waals surface area contributed by atoms with Gasteiger partial charge in [0.15, 0.2) is 0 Å². The third kappa shape index (κ3) is 4.08. The van der Waals surface area contributed by atoms with E-state index in [9.17, 15) is 9.59 Å². The number of hydrogen-bond donors (Lipinski definition) is 0. The topological polar surface area (TPSA) is 76.9 Å². The molecule has 0 bridgehead atoms. The molecule has 2 aliphatic heterocycles. The van der Waals surface area contributed by atoms with Crippen LogP contribution in [-0.2, 0) is 20.8 Å². The molecule has 2 aliphatic rings. The molecule has 4 heterocycles. The number of rotatable bonds is 4. The first-order chi connectivity index (χ1) is 15.2. The van der Waals surface area contributed by atoms with Crippen LogP contribution in [0.5, 0.6) is 0 Å². The van der Waals surface area contributed by atoms with Crippen molar-refractivity contribution in [2.24, 2.45) is 0 Å². The average molecular weight is 441 g/mol. The number of hydrogen-bond acceptors (Lipinski definition) is 6. The summed E-state index contributed by atoms with van der Waals surface area (Å²) in [6.07, 6.45) is 3.10. The zero-order valence-electron chi connectivity index (χ0n) is 17.1. The zero-order chi connectivity index (χ0) is 21.2. The van der Waals surface area contributed by atoms with Crippen LogP contribution in [0.3, 0.4) is 0 Å². The van der Waals surface area contributed by atoms with Gasteiger partial charge in [-0.2, -0.15) is 5.10 Å². The van der Waals surface area contributed by atoms with Gasteiger partial charge in [-0.05, 0) is 17.5 Å². The van der Waals surface area contributed by atoms with E-state index >= 15 is 0 Å². The van der Waals surface area contributed by atoms with Gasteiger partial charge < -0.3 is 19.3 Å². The van der Waals surface area contributed by atoms with Crippen LogP contribution < -0.4 is 0 Å². The number of thiophene rings is 1. The van der Waals surface area contributed by atoms with Gasteiger partial charge >= 0.3 is 0 Å². The number of nitrogens with zero attached hydrogens (tertiary/aromatic N) is 4. The van der Waals surface area contributed by atoms with E-state index in [4.69, 9.17) is 9.47 Å². The molecule has 9 heteroatoms. The minimum atomic E-state index is -0.341. The lowest BCUT2D eigenvalue weighted by Gasteiger charge is -2.34. The molecule has 2 aromatic heterocycles. The number of amides is 2. The van der Waals surface area contributed by atoms with Gasteiger partial charge in [0, 0.05) is 42.3 Å². The molecule has 1 unspecified atom stereocenters. The molecule has 0 spiro atoms. The first-order valence-corrected chi connectivity index (χ1v) is 11.3. The molecule has 162 valence electrons. The largest absolute Gasteiger partial charge is 0.378 e. The van der Waals surface area contributed by atoms with E-state index in [2.05, 4.69) is 5.10 Å². The van der Waals surface area contributed by atoms with E-state index in [-0.39, 0.29) is 24.5 Å². The predicted octanol–water partition coefficient (Wildman–Crippen LogP) is 2.17. The van der Waals surface area contributed by atoms with Crippen LogP contribution in [0, 0.1) is 0 Å². The SMILES string of the molecule is O=C(Cn1cccn1)N1CCOC(c2c(C(=O)N3CCOCC3)sc3ccccc23)C1.